The van der Waals surface area contributed by atoms with E-state index >= 15 is 0 Å². The Hall–Kier alpha value is -2.91. The van der Waals surface area contributed by atoms with Crippen LogP contribution in [0.2, 0.25) is 0 Å². The van der Waals surface area contributed by atoms with E-state index in [-0.39, 0.29) is 17.8 Å². The van der Waals surface area contributed by atoms with Crippen molar-refractivity contribution in [1.82, 2.24) is 4.90 Å². The highest BCUT2D eigenvalue weighted by molar-refractivity contribution is 5.75. The highest BCUT2D eigenvalue weighted by atomic mass is 16.6. The molecule has 2 atom stereocenters. The molecule has 0 amide bonds. The van der Waals surface area contributed by atoms with E-state index in [1.165, 1.54) is 11.1 Å². The summed E-state index contributed by atoms with van der Waals surface area (Å²) in [4.78, 5) is 15.4. The van der Waals surface area contributed by atoms with Gasteiger partial charge in [0.05, 0.1) is 5.92 Å². The lowest BCUT2D eigenvalue weighted by Gasteiger charge is -2.41. The molecule has 3 heteroatoms. The molecule has 0 aromatic heterocycles. The lowest BCUT2D eigenvalue weighted by molar-refractivity contribution is -0.170. The Labute approximate surface area is 198 Å². The minimum Gasteiger partial charge on any atom is -0.453 e. The van der Waals surface area contributed by atoms with Gasteiger partial charge in [0.1, 0.15) is 5.60 Å². The Bertz CT molecular complexity index is 1000. The number of benzene rings is 3. The Morgan fingerprint density at radius 2 is 1.45 bits per heavy atom. The molecule has 1 aliphatic rings. The highest BCUT2D eigenvalue weighted by Crippen LogP contribution is 2.41. The third-order valence-electron chi connectivity index (χ3n) is 6.77. The number of likely N-dealkylation sites (N-methyl/N-ethyl adjacent to an activating group) is 1. The molecule has 1 aliphatic carbocycles. The number of carbonyl (C=O) groups excluding carboxylic acids is 1. The predicted molar refractivity (Wildman–Crippen MR) is 134 cm³/mol. The maximum absolute atomic E-state index is 13.0. The predicted octanol–water partition coefficient (Wildman–Crippen LogP) is 5.89. The van der Waals surface area contributed by atoms with E-state index in [0.717, 1.165) is 37.9 Å². The van der Waals surface area contributed by atoms with E-state index in [1.807, 2.05) is 24.3 Å². The Balaban J connectivity index is 1.60. The van der Waals surface area contributed by atoms with Crippen molar-refractivity contribution in [2.75, 3.05) is 20.1 Å². The highest BCUT2D eigenvalue weighted by Gasteiger charge is 2.45. The Kier molecular flexibility index (Phi) is 7.61. The molecule has 0 spiro atoms. The molecule has 0 N–H and O–H groups in total. The molecule has 0 radical (unpaired) electrons. The summed E-state index contributed by atoms with van der Waals surface area (Å²) < 4.78 is 6.51. The fourth-order valence-electron chi connectivity index (χ4n) is 4.63. The molecule has 3 aromatic rings. The van der Waals surface area contributed by atoms with Crippen LogP contribution >= 0.6 is 0 Å². The summed E-state index contributed by atoms with van der Waals surface area (Å²) in [6.07, 6.45) is 3.56. The number of carbonyl (C=O) groups is 1. The molecule has 1 fully saturated rings. The van der Waals surface area contributed by atoms with Gasteiger partial charge in [-0.2, -0.15) is 0 Å². The van der Waals surface area contributed by atoms with Gasteiger partial charge in [-0.05, 0) is 43.0 Å². The lowest BCUT2D eigenvalue weighted by Crippen LogP contribution is -2.46. The third-order valence-corrected chi connectivity index (χ3v) is 6.77. The molecule has 3 aromatic carbocycles. The number of rotatable bonds is 11. The number of nitrogens with zero attached hydrogens (tertiary/aromatic N) is 1. The summed E-state index contributed by atoms with van der Waals surface area (Å²) >= 11 is 0. The average Bonchev–Trinajstić information content (AvgIpc) is 3.70. The number of hydrogen-bond donors (Lipinski definition) is 0. The van der Waals surface area contributed by atoms with Gasteiger partial charge in [0.2, 0.25) is 0 Å². The number of ether oxygens (including phenoxy) is 1. The maximum atomic E-state index is 13.0. The van der Waals surface area contributed by atoms with Crippen LogP contribution < -0.4 is 0 Å². The van der Waals surface area contributed by atoms with Crippen LogP contribution in [0.4, 0.5) is 0 Å². The fourth-order valence-corrected chi connectivity index (χ4v) is 4.63. The van der Waals surface area contributed by atoms with Crippen LogP contribution in [-0.4, -0.2) is 31.0 Å². The SMILES string of the molecule is C[C@@H](CN(C)CCc1ccccc1)[C@](Cc1ccccc1)(OC(=O)C1CC1)c1ccccc1. The van der Waals surface area contributed by atoms with Crippen LogP contribution in [-0.2, 0) is 28.0 Å². The summed E-state index contributed by atoms with van der Waals surface area (Å²) in [5.74, 6) is 0.129. The first-order valence-electron chi connectivity index (χ1n) is 12.1. The van der Waals surface area contributed by atoms with Crippen molar-refractivity contribution in [2.24, 2.45) is 11.8 Å². The molecule has 33 heavy (non-hydrogen) atoms. The van der Waals surface area contributed by atoms with E-state index in [0.29, 0.717) is 6.42 Å². The van der Waals surface area contributed by atoms with Crippen molar-refractivity contribution in [2.45, 2.75) is 38.2 Å². The van der Waals surface area contributed by atoms with Gasteiger partial charge in [-0.1, -0.05) is 97.9 Å². The van der Waals surface area contributed by atoms with Gasteiger partial charge in [-0.15, -0.1) is 0 Å². The fraction of sp³-hybridized carbons (Fsp3) is 0.367. The molecule has 1 saturated carbocycles. The maximum Gasteiger partial charge on any atom is 0.309 e. The van der Waals surface area contributed by atoms with Crippen molar-refractivity contribution in [3.05, 3.63) is 108 Å². The topological polar surface area (TPSA) is 29.5 Å². The van der Waals surface area contributed by atoms with Gasteiger partial charge >= 0.3 is 5.97 Å². The Morgan fingerprint density at radius 3 is 2.03 bits per heavy atom. The van der Waals surface area contributed by atoms with E-state index in [9.17, 15) is 4.79 Å². The van der Waals surface area contributed by atoms with Gasteiger partial charge < -0.3 is 9.64 Å². The van der Waals surface area contributed by atoms with Gasteiger partial charge in [-0.25, -0.2) is 0 Å². The molecular weight excluding hydrogens is 406 g/mol. The average molecular weight is 442 g/mol. The summed E-state index contributed by atoms with van der Waals surface area (Å²) in [6, 6.07) is 31.4. The van der Waals surface area contributed by atoms with Crippen LogP contribution in [0.25, 0.3) is 0 Å². The van der Waals surface area contributed by atoms with Crippen LogP contribution in [0.3, 0.4) is 0 Å². The smallest absolute Gasteiger partial charge is 0.309 e. The molecule has 0 saturated heterocycles. The van der Waals surface area contributed by atoms with Crippen molar-refractivity contribution in [3.63, 3.8) is 0 Å². The molecule has 172 valence electrons. The van der Waals surface area contributed by atoms with Crippen LogP contribution in [0.1, 0.15) is 36.5 Å². The van der Waals surface area contributed by atoms with Gasteiger partial charge in [0.15, 0.2) is 0 Å². The zero-order valence-electron chi connectivity index (χ0n) is 19.8. The first-order chi connectivity index (χ1) is 16.1. The zero-order chi connectivity index (χ0) is 23.1. The number of hydrogen-bond acceptors (Lipinski definition) is 3. The van der Waals surface area contributed by atoms with Crippen molar-refractivity contribution in [3.8, 4) is 0 Å². The van der Waals surface area contributed by atoms with E-state index in [4.69, 9.17) is 4.74 Å². The Morgan fingerprint density at radius 1 is 0.909 bits per heavy atom. The lowest BCUT2D eigenvalue weighted by atomic mass is 9.77. The molecule has 4 rings (SSSR count). The summed E-state index contributed by atoms with van der Waals surface area (Å²) in [5, 5.41) is 0. The van der Waals surface area contributed by atoms with Crippen molar-refractivity contribution < 1.29 is 9.53 Å². The molecular formula is C30H35NO2. The summed E-state index contributed by atoms with van der Waals surface area (Å²) in [7, 11) is 2.17. The molecule has 0 bridgehead atoms. The molecule has 0 unspecified atom stereocenters. The van der Waals surface area contributed by atoms with Gasteiger partial charge in [-0.3, -0.25) is 4.79 Å². The second kappa shape index (κ2) is 10.8. The van der Waals surface area contributed by atoms with Crippen molar-refractivity contribution >= 4 is 5.97 Å². The molecule has 3 nitrogen and oxygen atoms in total. The summed E-state index contributed by atoms with van der Waals surface area (Å²) in [5.41, 5.74) is 2.90. The quantitative estimate of drug-likeness (QED) is 0.348. The van der Waals surface area contributed by atoms with E-state index < -0.39 is 5.60 Å². The second-order valence-electron chi connectivity index (χ2n) is 9.51. The summed E-state index contributed by atoms with van der Waals surface area (Å²) in [6.45, 7) is 4.03. The van der Waals surface area contributed by atoms with Crippen LogP contribution in [0.5, 0.6) is 0 Å². The first-order valence-corrected chi connectivity index (χ1v) is 12.1. The largest absolute Gasteiger partial charge is 0.453 e. The first kappa shape index (κ1) is 23.3. The normalized spacial score (nSPS) is 16.2. The second-order valence-corrected chi connectivity index (χ2v) is 9.51. The zero-order valence-corrected chi connectivity index (χ0v) is 19.8. The monoisotopic (exact) mass is 441 g/mol. The minimum absolute atomic E-state index is 0.0476. The minimum atomic E-state index is -0.705. The van der Waals surface area contributed by atoms with E-state index in [2.05, 4.69) is 85.6 Å². The molecule has 0 heterocycles. The van der Waals surface area contributed by atoms with Crippen LogP contribution in [0.15, 0.2) is 91.0 Å². The molecule has 0 aliphatic heterocycles. The van der Waals surface area contributed by atoms with Gasteiger partial charge in [0.25, 0.3) is 0 Å². The van der Waals surface area contributed by atoms with Crippen molar-refractivity contribution in [1.29, 1.82) is 0 Å². The van der Waals surface area contributed by atoms with E-state index in [1.54, 1.807) is 0 Å². The van der Waals surface area contributed by atoms with Gasteiger partial charge in [0, 0.05) is 25.4 Å². The number of esters is 1. The standard InChI is InChI=1S/C30H35NO2/c1-24(23-31(2)21-20-25-12-6-3-7-13-25)30(28-16-10-5-11-17-28,33-29(32)27-18-19-27)22-26-14-8-4-9-15-26/h3-17,24,27H,18-23H2,1-2H3/t24-,30-/m0/s1. The third kappa shape index (κ3) is 6.11. The van der Waals surface area contributed by atoms with Crippen LogP contribution in [0, 0.1) is 11.8 Å².